The fourth-order valence-electron chi connectivity index (χ4n) is 3.98. The molecular weight excluding hydrogens is 462 g/mol. The summed E-state index contributed by atoms with van der Waals surface area (Å²) in [6.07, 6.45) is 3.18. The smallest absolute Gasteiger partial charge is 0.295 e. The van der Waals surface area contributed by atoms with Gasteiger partial charge in [-0.05, 0) is 59.5 Å². The number of pyridine rings is 1. The van der Waals surface area contributed by atoms with Gasteiger partial charge in [0.2, 0.25) is 0 Å². The predicted octanol–water partition coefficient (Wildman–Crippen LogP) is 4.65. The molecule has 0 bridgehead atoms. The van der Waals surface area contributed by atoms with Crippen molar-refractivity contribution in [1.82, 2.24) is 9.88 Å². The molecular formula is C27H25N3O6. The zero-order valence-electron chi connectivity index (χ0n) is 19.8. The number of hydrogen-bond acceptors (Lipinski definition) is 7. The quantitative estimate of drug-likeness (QED) is 0.161. The second kappa shape index (κ2) is 10.4. The number of amides is 1. The SMILES string of the molecule is CC(C)COc1ccc(/C(O)=C2\C(=O)C(=O)N(Cc3cccnc3)[C@H]2c2ccc([N+](=O)[O-])cc2)cc1. The molecule has 1 amide bonds. The standard InChI is InChI=1S/C27H25N3O6/c1-17(2)16-36-22-11-7-20(8-12-22)25(31)23-24(19-5-9-21(10-6-19)30(34)35)29(27(33)26(23)32)15-18-4-3-13-28-14-18/h3-14,17,24,31H,15-16H2,1-2H3/b25-23+/t24-/m0/s1. The lowest BCUT2D eigenvalue weighted by molar-refractivity contribution is -0.384. The summed E-state index contributed by atoms with van der Waals surface area (Å²) < 4.78 is 5.68. The van der Waals surface area contributed by atoms with Crippen LogP contribution in [0, 0.1) is 16.0 Å². The van der Waals surface area contributed by atoms with E-state index < -0.39 is 22.7 Å². The Morgan fingerprint density at radius 3 is 2.39 bits per heavy atom. The van der Waals surface area contributed by atoms with Crippen LogP contribution >= 0.6 is 0 Å². The van der Waals surface area contributed by atoms with Crippen molar-refractivity contribution in [1.29, 1.82) is 0 Å². The van der Waals surface area contributed by atoms with Crippen molar-refractivity contribution in [2.45, 2.75) is 26.4 Å². The number of aromatic nitrogens is 1. The van der Waals surface area contributed by atoms with E-state index in [0.29, 0.717) is 35.0 Å². The Morgan fingerprint density at radius 1 is 1.11 bits per heavy atom. The van der Waals surface area contributed by atoms with E-state index >= 15 is 0 Å². The summed E-state index contributed by atoms with van der Waals surface area (Å²) in [4.78, 5) is 42.3. The Hall–Kier alpha value is -4.53. The molecule has 1 atom stereocenters. The summed E-state index contributed by atoms with van der Waals surface area (Å²) in [5.41, 5.74) is 1.28. The summed E-state index contributed by atoms with van der Waals surface area (Å²) in [6, 6.07) is 14.7. The maximum atomic E-state index is 13.2. The van der Waals surface area contributed by atoms with E-state index in [1.165, 1.54) is 29.2 Å². The van der Waals surface area contributed by atoms with Gasteiger partial charge in [-0.15, -0.1) is 0 Å². The minimum absolute atomic E-state index is 0.0683. The number of nitro groups is 1. The zero-order valence-corrected chi connectivity index (χ0v) is 19.8. The van der Waals surface area contributed by atoms with Crippen LogP contribution in [-0.4, -0.2) is 38.2 Å². The molecule has 9 heteroatoms. The minimum atomic E-state index is -0.942. The summed E-state index contributed by atoms with van der Waals surface area (Å²) >= 11 is 0. The summed E-state index contributed by atoms with van der Waals surface area (Å²) in [7, 11) is 0. The maximum Gasteiger partial charge on any atom is 0.295 e. The first kappa shape index (κ1) is 24.6. The largest absolute Gasteiger partial charge is 0.507 e. The maximum absolute atomic E-state index is 13.2. The van der Waals surface area contributed by atoms with Gasteiger partial charge in [0.15, 0.2) is 0 Å². The fourth-order valence-corrected chi connectivity index (χ4v) is 3.98. The molecule has 9 nitrogen and oxygen atoms in total. The number of ketones is 1. The van der Waals surface area contributed by atoms with Crippen molar-refractivity contribution in [2.75, 3.05) is 6.61 Å². The van der Waals surface area contributed by atoms with Crippen LogP contribution in [0.3, 0.4) is 0 Å². The van der Waals surface area contributed by atoms with Crippen LogP contribution in [0.25, 0.3) is 5.76 Å². The molecule has 3 aromatic rings. The molecule has 184 valence electrons. The van der Waals surface area contributed by atoms with E-state index in [1.54, 1.807) is 48.8 Å². The number of carbonyl (C=O) groups is 2. The lowest BCUT2D eigenvalue weighted by Crippen LogP contribution is -2.29. The highest BCUT2D eigenvalue weighted by atomic mass is 16.6. The van der Waals surface area contributed by atoms with Crippen molar-refractivity contribution in [3.8, 4) is 5.75 Å². The molecule has 1 fully saturated rings. The van der Waals surface area contributed by atoms with Gasteiger partial charge in [0, 0.05) is 36.6 Å². The van der Waals surface area contributed by atoms with Crippen molar-refractivity contribution in [3.05, 3.63) is 105 Å². The van der Waals surface area contributed by atoms with Crippen LogP contribution in [0.2, 0.25) is 0 Å². The highest BCUT2D eigenvalue weighted by molar-refractivity contribution is 6.46. The van der Waals surface area contributed by atoms with Gasteiger partial charge >= 0.3 is 0 Å². The molecule has 1 saturated heterocycles. The minimum Gasteiger partial charge on any atom is -0.507 e. The molecule has 1 aliphatic heterocycles. The fraction of sp³-hybridized carbons (Fsp3) is 0.222. The average Bonchev–Trinajstić information content (AvgIpc) is 3.13. The molecule has 1 N–H and O–H groups in total. The Morgan fingerprint density at radius 2 is 1.81 bits per heavy atom. The van der Waals surface area contributed by atoms with Crippen LogP contribution in [0.5, 0.6) is 5.75 Å². The monoisotopic (exact) mass is 487 g/mol. The van der Waals surface area contributed by atoms with Gasteiger partial charge in [-0.3, -0.25) is 24.7 Å². The summed E-state index contributed by atoms with van der Waals surface area (Å²) in [5.74, 6) is -0.985. The van der Waals surface area contributed by atoms with Crippen LogP contribution in [0.4, 0.5) is 5.69 Å². The predicted molar refractivity (Wildman–Crippen MR) is 132 cm³/mol. The number of nitro benzene ring substituents is 1. The zero-order chi connectivity index (χ0) is 25.8. The third-order valence-electron chi connectivity index (χ3n) is 5.75. The number of likely N-dealkylation sites (tertiary alicyclic amines) is 1. The third-order valence-corrected chi connectivity index (χ3v) is 5.75. The van der Waals surface area contributed by atoms with Gasteiger partial charge in [0.1, 0.15) is 11.5 Å². The van der Waals surface area contributed by atoms with Crippen LogP contribution in [0.1, 0.15) is 36.6 Å². The first-order valence-corrected chi connectivity index (χ1v) is 11.4. The Balaban J connectivity index is 1.77. The Kier molecular flexibility index (Phi) is 7.10. The Labute approximate surface area is 207 Å². The van der Waals surface area contributed by atoms with Crippen LogP contribution in [-0.2, 0) is 16.1 Å². The lowest BCUT2D eigenvalue weighted by Gasteiger charge is -2.25. The number of ether oxygens (including phenoxy) is 1. The van der Waals surface area contributed by atoms with Crippen molar-refractivity contribution in [2.24, 2.45) is 5.92 Å². The highest BCUT2D eigenvalue weighted by Crippen LogP contribution is 2.40. The van der Waals surface area contributed by atoms with E-state index in [1.807, 2.05) is 13.8 Å². The van der Waals surface area contributed by atoms with E-state index in [4.69, 9.17) is 4.74 Å². The van der Waals surface area contributed by atoms with Crippen LogP contribution < -0.4 is 4.74 Å². The van der Waals surface area contributed by atoms with Gasteiger partial charge in [0.05, 0.1) is 23.1 Å². The molecule has 4 rings (SSSR count). The first-order valence-electron chi connectivity index (χ1n) is 11.4. The van der Waals surface area contributed by atoms with Crippen molar-refractivity contribution >= 4 is 23.1 Å². The summed E-state index contributed by atoms with van der Waals surface area (Å²) in [6.45, 7) is 4.66. The third kappa shape index (κ3) is 5.10. The normalized spacial score (nSPS) is 17.0. The van der Waals surface area contributed by atoms with E-state index in [-0.39, 0.29) is 23.6 Å². The van der Waals surface area contributed by atoms with E-state index in [2.05, 4.69) is 4.98 Å². The average molecular weight is 488 g/mol. The molecule has 0 unspecified atom stereocenters. The van der Waals surface area contributed by atoms with Gasteiger partial charge in [0.25, 0.3) is 17.4 Å². The number of nitrogens with zero attached hydrogens (tertiary/aromatic N) is 3. The molecule has 36 heavy (non-hydrogen) atoms. The van der Waals surface area contributed by atoms with Crippen molar-refractivity contribution in [3.63, 3.8) is 0 Å². The summed E-state index contributed by atoms with van der Waals surface area (Å²) in [5, 5.41) is 22.3. The molecule has 1 aromatic heterocycles. The lowest BCUT2D eigenvalue weighted by atomic mass is 9.95. The number of rotatable bonds is 8. The van der Waals surface area contributed by atoms with E-state index in [9.17, 15) is 24.8 Å². The number of aliphatic hydroxyl groups is 1. The molecule has 0 spiro atoms. The number of hydrogen-bond donors (Lipinski definition) is 1. The highest BCUT2D eigenvalue weighted by Gasteiger charge is 2.46. The van der Waals surface area contributed by atoms with Gasteiger partial charge < -0.3 is 14.7 Å². The number of non-ortho nitro benzene ring substituents is 1. The molecule has 2 heterocycles. The topological polar surface area (TPSA) is 123 Å². The van der Waals surface area contributed by atoms with Crippen LogP contribution in [0.15, 0.2) is 78.6 Å². The number of aliphatic hydroxyl groups excluding tert-OH is 1. The second-order valence-corrected chi connectivity index (χ2v) is 8.87. The Bertz CT molecular complexity index is 1300. The van der Waals surface area contributed by atoms with Gasteiger partial charge in [-0.25, -0.2) is 0 Å². The molecule has 0 radical (unpaired) electrons. The van der Waals surface area contributed by atoms with Crippen molar-refractivity contribution < 1.29 is 24.4 Å². The molecule has 0 saturated carbocycles. The number of benzene rings is 2. The molecule has 0 aliphatic carbocycles. The second-order valence-electron chi connectivity index (χ2n) is 8.87. The molecule has 2 aromatic carbocycles. The van der Waals surface area contributed by atoms with Gasteiger partial charge in [-0.2, -0.15) is 0 Å². The van der Waals surface area contributed by atoms with Gasteiger partial charge in [-0.1, -0.05) is 19.9 Å². The van der Waals surface area contributed by atoms with E-state index in [0.717, 1.165) is 0 Å². The number of carbonyl (C=O) groups excluding carboxylic acids is 2. The first-order chi connectivity index (χ1) is 17.3. The molecule has 1 aliphatic rings. The number of Topliss-reactive ketones (excluding diaryl/α,β-unsaturated/α-hetero) is 1.